The van der Waals surface area contributed by atoms with Crippen molar-refractivity contribution in [2.75, 3.05) is 39.9 Å². The van der Waals surface area contributed by atoms with Gasteiger partial charge in [-0.2, -0.15) is 5.10 Å². The lowest BCUT2D eigenvalue weighted by atomic mass is 10.1. The smallest absolute Gasteiger partial charge is 0.0815 e. The molecule has 17 heavy (non-hydrogen) atoms. The van der Waals surface area contributed by atoms with Crippen molar-refractivity contribution in [1.82, 2.24) is 10.3 Å². The zero-order valence-corrected chi connectivity index (χ0v) is 10.2. The Balaban J connectivity index is 2.05. The Hall–Kier alpha value is -1.39. The monoisotopic (exact) mass is 233 g/mol. The van der Waals surface area contributed by atoms with Gasteiger partial charge in [-0.15, -0.1) is 0 Å². The molecule has 1 aliphatic heterocycles. The Morgan fingerprint density at radius 3 is 2.65 bits per heavy atom. The lowest BCUT2D eigenvalue weighted by Crippen LogP contribution is -2.40. The SMILES string of the molecule is CN/N=C(/CN1CCOCC1)c1ccccc1. The summed E-state index contributed by atoms with van der Waals surface area (Å²) in [4.78, 5) is 2.37. The fourth-order valence-electron chi connectivity index (χ4n) is 1.93. The first kappa shape index (κ1) is 12.1. The highest BCUT2D eigenvalue weighted by atomic mass is 16.5. The molecule has 1 aliphatic rings. The van der Waals surface area contributed by atoms with E-state index in [1.165, 1.54) is 5.56 Å². The molecule has 0 atom stereocenters. The lowest BCUT2D eigenvalue weighted by Gasteiger charge is -2.27. The minimum Gasteiger partial charge on any atom is -0.379 e. The third kappa shape index (κ3) is 3.54. The van der Waals surface area contributed by atoms with Gasteiger partial charge in [-0.05, 0) is 5.56 Å². The first-order valence-electron chi connectivity index (χ1n) is 5.99. The van der Waals surface area contributed by atoms with Gasteiger partial charge in [0.15, 0.2) is 0 Å². The molecule has 0 unspecified atom stereocenters. The largest absolute Gasteiger partial charge is 0.379 e. The van der Waals surface area contributed by atoms with Gasteiger partial charge in [0, 0.05) is 26.7 Å². The van der Waals surface area contributed by atoms with Gasteiger partial charge in [-0.25, -0.2) is 0 Å². The molecule has 1 saturated heterocycles. The number of ether oxygens (including phenoxy) is 1. The average Bonchev–Trinajstić information content (AvgIpc) is 2.40. The van der Waals surface area contributed by atoms with Crippen LogP contribution in [0.3, 0.4) is 0 Å². The Morgan fingerprint density at radius 2 is 2.00 bits per heavy atom. The molecular formula is C13H19N3O. The van der Waals surface area contributed by atoms with Gasteiger partial charge in [0.25, 0.3) is 0 Å². The minimum atomic E-state index is 0.821. The van der Waals surface area contributed by atoms with Crippen LogP contribution >= 0.6 is 0 Å². The number of rotatable bonds is 4. The van der Waals surface area contributed by atoms with E-state index in [9.17, 15) is 0 Å². The lowest BCUT2D eigenvalue weighted by molar-refractivity contribution is 0.0453. The number of hydrazone groups is 1. The molecule has 0 aromatic heterocycles. The first-order valence-corrected chi connectivity index (χ1v) is 5.99. The van der Waals surface area contributed by atoms with Gasteiger partial charge in [0.2, 0.25) is 0 Å². The van der Waals surface area contributed by atoms with E-state index in [4.69, 9.17) is 4.74 Å². The maximum absolute atomic E-state index is 5.35. The van der Waals surface area contributed by atoms with E-state index in [2.05, 4.69) is 27.6 Å². The molecule has 0 radical (unpaired) electrons. The molecule has 1 heterocycles. The second-order valence-electron chi connectivity index (χ2n) is 4.04. The van der Waals surface area contributed by atoms with E-state index >= 15 is 0 Å². The van der Waals surface area contributed by atoms with Crippen molar-refractivity contribution in [3.05, 3.63) is 35.9 Å². The molecule has 1 fully saturated rings. The van der Waals surface area contributed by atoms with Gasteiger partial charge >= 0.3 is 0 Å². The summed E-state index contributed by atoms with van der Waals surface area (Å²) >= 11 is 0. The van der Waals surface area contributed by atoms with Crippen LogP contribution in [0.1, 0.15) is 5.56 Å². The molecule has 1 aromatic carbocycles. The molecule has 0 spiro atoms. The molecule has 0 aliphatic carbocycles. The molecule has 92 valence electrons. The third-order valence-corrected chi connectivity index (χ3v) is 2.83. The molecule has 0 saturated carbocycles. The summed E-state index contributed by atoms with van der Waals surface area (Å²) in [7, 11) is 1.84. The molecular weight excluding hydrogens is 214 g/mol. The Bertz CT molecular complexity index is 358. The van der Waals surface area contributed by atoms with Crippen molar-refractivity contribution in [3.63, 3.8) is 0 Å². The first-order chi connectivity index (χ1) is 8.40. The molecule has 1 aromatic rings. The van der Waals surface area contributed by atoms with Crippen LogP contribution in [0.2, 0.25) is 0 Å². The number of hydrogen-bond acceptors (Lipinski definition) is 4. The number of benzene rings is 1. The fourth-order valence-corrected chi connectivity index (χ4v) is 1.93. The van der Waals surface area contributed by atoms with Crippen LogP contribution in [0, 0.1) is 0 Å². The molecule has 1 N–H and O–H groups in total. The molecule has 4 heteroatoms. The third-order valence-electron chi connectivity index (χ3n) is 2.83. The zero-order chi connectivity index (χ0) is 11.9. The van der Waals surface area contributed by atoms with E-state index in [1.54, 1.807) is 0 Å². The van der Waals surface area contributed by atoms with Gasteiger partial charge in [0.05, 0.1) is 18.9 Å². The van der Waals surface area contributed by atoms with Crippen molar-refractivity contribution in [2.45, 2.75) is 0 Å². The minimum absolute atomic E-state index is 0.821. The number of nitrogens with one attached hydrogen (secondary N) is 1. The number of hydrogen-bond donors (Lipinski definition) is 1. The van der Waals surface area contributed by atoms with E-state index in [0.29, 0.717) is 0 Å². The average molecular weight is 233 g/mol. The summed E-state index contributed by atoms with van der Waals surface area (Å²) < 4.78 is 5.35. The van der Waals surface area contributed by atoms with Crippen LogP contribution in [0.15, 0.2) is 35.4 Å². The van der Waals surface area contributed by atoms with Crippen molar-refractivity contribution in [3.8, 4) is 0 Å². The predicted octanol–water partition coefficient (Wildman–Crippen LogP) is 0.942. The summed E-state index contributed by atoms with van der Waals surface area (Å²) in [6, 6.07) is 10.3. The van der Waals surface area contributed by atoms with Gasteiger partial charge in [-0.1, -0.05) is 30.3 Å². The fraction of sp³-hybridized carbons (Fsp3) is 0.462. The van der Waals surface area contributed by atoms with Crippen LogP contribution in [0.4, 0.5) is 0 Å². The normalized spacial score (nSPS) is 18.1. The summed E-state index contributed by atoms with van der Waals surface area (Å²) in [6.07, 6.45) is 0. The Kier molecular flexibility index (Phi) is 4.53. The van der Waals surface area contributed by atoms with E-state index < -0.39 is 0 Å². The van der Waals surface area contributed by atoms with E-state index in [-0.39, 0.29) is 0 Å². The van der Waals surface area contributed by atoms with Gasteiger partial charge < -0.3 is 10.2 Å². The Morgan fingerprint density at radius 1 is 1.29 bits per heavy atom. The highest BCUT2D eigenvalue weighted by Crippen LogP contribution is 2.05. The number of morpholine rings is 1. The van der Waals surface area contributed by atoms with Crippen molar-refractivity contribution < 1.29 is 4.74 Å². The molecule has 4 nitrogen and oxygen atoms in total. The maximum Gasteiger partial charge on any atom is 0.0815 e. The van der Waals surface area contributed by atoms with Crippen molar-refractivity contribution >= 4 is 5.71 Å². The quantitative estimate of drug-likeness (QED) is 0.621. The van der Waals surface area contributed by atoms with Gasteiger partial charge in [0.1, 0.15) is 0 Å². The summed E-state index contributed by atoms with van der Waals surface area (Å²) in [5.41, 5.74) is 5.14. The van der Waals surface area contributed by atoms with Crippen LogP contribution in [0.5, 0.6) is 0 Å². The van der Waals surface area contributed by atoms with Crippen LogP contribution in [0.25, 0.3) is 0 Å². The topological polar surface area (TPSA) is 36.9 Å². The highest BCUT2D eigenvalue weighted by Gasteiger charge is 2.13. The zero-order valence-electron chi connectivity index (χ0n) is 10.2. The van der Waals surface area contributed by atoms with Crippen LogP contribution in [-0.4, -0.2) is 50.5 Å². The summed E-state index contributed by atoms with van der Waals surface area (Å²) in [5, 5.41) is 4.37. The highest BCUT2D eigenvalue weighted by molar-refractivity contribution is 6.01. The van der Waals surface area contributed by atoms with Crippen LogP contribution in [-0.2, 0) is 4.74 Å². The maximum atomic E-state index is 5.35. The Labute approximate surface area is 102 Å². The predicted molar refractivity (Wildman–Crippen MR) is 69.3 cm³/mol. The molecule has 0 bridgehead atoms. The second kappa shape index (κ2) is 6.37. The standard InChI is InChI=1S/C13H19N3O/c1-14-15-13(12-5-3-2-4-6-12)11-16-7-9-17-10-8-16/h2-6,14H,7-11H2,1H3/b15-13-. The molecule has 2 rings (SSSR count). The van der Waals surface area contributed by atoms with E-state index in [0.717, 1.165) is 38.6 Å². The van der Waals surface area contributed by atoms with Gasteiger partial charge in [-0.3, -0.25) is 4.90 Å². The number of nitrogens with zero attached hydrogens (tertiary/aromatic N) is 2. The van der Waals surface area contributed by atoms with E-state index in [1.807, 2.05) is 25.2 Å². The van der Waals surface area contributed by atoms with Crippen molar-refractivity contribution in [1.29, 1.82) is 0 Å². The summed E-state index contributed by atoms with van der Waals surface area (Å²) in [5.74, 6) is 0. The second-order valence-corrected chi connectivity index (χ2v) is 4.04. The molecule has 0 amide bonds. The summed E-state index contributed by atoms with van der Waals surface area (Å²) in [6.45, 7) is 4.47. The van der Waals surface area contributed by atoms with Crippen LogP contribution < -0.4 is 5.43 Å². The van der Waals surface area contributed by atoms with Crippen molar-refractivity contribution in [2.24, 2.45) is 5.10 Å².